The number of carbonyl (C=O) groups is 2. The minimum absolute atomic E-state index is 0.0963. The fourth-order valence-corrected chi connectivity index (χ4v) is 4.42. The van der Waals surface area contributed by atoms with E-state index in [2.05, 4.69) is 52.9 Å². The lowest BCUT2D eigenvalue weighted by molar-refractivity contribution is -0.119. The number of Topliss-reactive ketones (excluding diaryl/α,β-unsaturated/α-hetero) is 1. The molecule has 3 nitrogen and oxygen atoms in total. The van der Waals surface area contributed by atoms with Gasteiger partial charge in [0.25, 0.3) is 0 Å². The van der Waals surface area contributed by atoms with Crippen LogP contribution in [0.25, 0.3) is 0 Å². The minimum atomic E-state index is -1.97. The molecule has 0 aromatic heterocycles. The molecule has 1 aromatic rings. The number of ketones is 1. The summed E-state index contributed by atoms with van der Waals surface area (Å²) in [5.74, 6) is 0.309. The standard InChI is InChI=1S/C23H38O3Si/c1-18(13-15-21(25)16-14-20-11-9-8-10-12-20)22(19(2)17-24)26-27(6,7)23(3,4)5/h8-12,17-19,22H,13-16H2,1-7H3/t18-,19-,22+/m0/s1. The predicted octanol–water partition coefficient (Wildman–Crippen LogP) is 5.83. The highest BCUT2D eigenvalue weighted by atomic mass is 28.4. The summed E-state index contributed by atoms with van der Waals surface area (Å²) in [5.41, 5.74) is 1.20. The Bertz CT molecular complexity index is 589. The third-order valence-electron chi connectivity index (χ3n) is 5.94. The second-order valence-electron chi connectivity index (χ2n) is 9.38. The number of aldehydes is 1. The van der Waals surface area contributed by atoms with E-state index in [1.54, 1.807) is 0 Å². The molecule has 0 spiro atoms. The topological polar surface area (TPSA) is 43.4 Å². The van der Waals surface area contributed by atoms with Crippen molar-refractivity contribution in [3.8, 4) is 0 Å². The van der Waals surface area contributed by atoms with Gasteiger partial charge in [0.1, 0.15) is 12.1 Å². The molecule has 0 radical (unpaired) electrons. The first kappa shape index (κ1) is 23.8. The van der Waals surface area contributed by atoms with Gasteiger partial charge in [-0.15, -0.1) is 0 Å². The fourth-order valence-electron chi connectivity index (χ4n) is 2.94. The largest absolute Gasteiger partial charge is 0.413 e. The quantitative estimate of drug-likeness (QED) is 0.353. The summed E-state index contributed by atoms with van der Waals surface area (Å²) < 4.78 is 6.57. The molecule has 0 N–H and O–H groups in total. The van der Waals surface area contributed by atoms with E-state index in [0.717, 1.165) is 19.1 Å². The number of rotatable bonds is 11. The Balaban J connectivity index is 2.62. The molecule has 152 valence electrons. The molecule has 0 unspecified atom stereocenters. The Labute approximate surface area is 167 Å². The molecular formula is C23H38O3Si. The first-order valence-electron chi connectivity index (χ1n) is 10.2. The molecule has 1 rings (SSSR count). The molecule has 0 amide bonds. The third-order valence-corrected chi connectivity index (χ3v) is 10.4. The monoisotopic (exact) mass is 390 g/mol. The second-order valence-corrected chi connectivity index (χ2v) is 14.1. The lowest BCUT2D eigenvalue weighted by atomic mass is 9.89. The maximum absolute atomic E-state index is 12.3. The molecule has 0 fully saturated rings. The number of benzene rings is 1. The zero-order valence-electron chi connectivity index (χ0n) is 18.2. The lowest BCUT2D eigenvalue weighted by Gasteiger charge is -2.42. The van der Waals surface area contributed by atoms with Gasteiger partial charge in [0.15, 0.2) is 8.32 Å². The third kappa shape index (κ3) is 7.71. The van der Waals surface area contributed by atoms with Gasteiger partial charge in [-0.25, -0.2) is 0 Å². The zero-order valence-corrected chi connectivity index (χ0v) is 19.2. The average Bonchev–Trinajstić information content (AvgIpc) is 2.61. The number of carbonyl (C=O) groups excluding carboxylic acids is 2. The molecule has 27 heavy (non-hydrogen) atoms. The summed E-state index contributed by atoms with van der Waals surface area (Å²) in [6.07, 6.45) is 3.56. The molecule has 4 heteroatoms. The molecule has 3 atom stereocenters. The van der Waals surface area contributed by atoms with Gasteiger partial charge in [0, 0.05) is 18.8 Å². The van der Waals surface area contributed by atoms with Crippen LogP contribution in [0.1, 0.15) is 59.4 Å². The summed E-state index contributed by atoms with van der Waals surface area (Å²) in [7, 11) is -1.97. The van der Waals surface area contributed by atoms with E-state index in [0.29, 0.717) is 12.8 Å². The molecule has 0 saturated carbocycles. The highest BCUT2D eigenvalue weighted by Gasteiger charge is 2.41. The number of aryl methyl sites for hydroxylation is 1. The van der Waals surface area contributed by atoms with Crippen LogP contribution in [-0.2, 0) is 20.4 Å². The molecule has 0 heterocycles. The van der Waals surface area contributed by atoms with E-state index < -0.39 is 8.32 Å². The van der Waals surface area contributed by atoms with Crippen molar-refractivity contribution in [2.75, 3.05) is 0 Å². The molecule has 0 aliphatic rings. The fraction of sp³-hybridized carbons (Fsp3) is 0.652. The van der Waals surface area contributed by atoms with Gasteiger partial charge in [0.2, 0.25) is 0 Å². The summed E-state index contributed by atoms with van der Waals surface area (Å²) >= 11 is 0. The van der Waals surface area contributed by atoms with Crippen LogP contribution in [0.4, 0.5) is 0 Å². The molecule has 0 saturated heterocycles. The Morgan fingerprint density at radius 1 is 1.11 bits per heavy atom. The summed E-state index contributed by atoms with van der Waals surface area (Å²) in [6, 6.07) is 10.1. The van der Waals surface area contributed by atoms with Gasteiger partial charge in [-0.3, -0.25) is 4.79 Å². The molecule has 0 aliphatic carbocycles. The van der Waals surface area contributed by atoms with Crippen LogP contribution in [0.3, 0.4) is 0 Å². The normalized spacial score (nSPS) is 15.8. The minimum Gasteiger partial charge on any atom is -0.413 e. The van der Waals surface area contributed by atoms with Crippen LogP contribution in [0.5, 0.6) is 0 Å². The average molecular weight is 391 g/mol. The number of hydrogen-bond donors (Lipinski definition) is 0. The van der Waals surface area contributed by atoms with Gasteiger partial charge in [-0.05, 0) is 42.5 Å². The first-order valence-corrected chi connectivity index (χ1v) is 13.1. The SMILES string of the molecule is C[C@@H](C=O)[C@H](O[Si](C)(C)C(C)(C)C)[C@@H](C)CCC(=O)CCc1ccccc1. The van der Waals surface area contributed by atoms with Crippen molar-refractivity contribution in [3.63, 3.8) is 0 Å². The Kier molecular flexibility index (Phi) is 9.09. The van der Waals surface area contributed by atoms with Crippen molar-refractivity contribution in [2.45, 2.75) is 84.5 Å². The van der Waals surface area contributed by atoms with E-state index >= 15 is 0 Å². The van der Waals surface area contributed by atoms with E-state index in [9.17, 15) is 9.59 Å². The predicted molar refractivity (Wildman–Crippen MR) is 115 cm³/mol. The molecule has 0 aliphatic heterocycles. The van der Waals surface area contributed by atoms with Crippen molar-refractivity contribution in [3.05, 3.63) is 35.9 Å². The van der Waals surface area contributed by atoms with E-state index in [1.165, 1.54) is 5.56 Å². The molecule has 1 aromatic carbocycles. The van der Waals surface area contributed by atoms with Crippen LogP contribution in [-0.4, -0.2) is 26.5 Å². The van der Waals surface area contributed by atoms with Gasteiger partial charge in [0.05, 0.1) is 6.10 Å². The summed E-state index contributed by atoms with van der Waals surface area (Å²) in [5, 5.41) is 0.0963. The highest BCUT2D eigenvalue weighted by molar-refractivity contribution is 6.74. The van der Waals surface area contributed by atoms with Crippen molar-refractivity contribution >= 4 is 20.4 Å². The molecular weight excluding hydrogens is 352 g/mol. The van der Waals surface area contributed by atoms with Crippen LogP contribution in [0.15, 0.2) is 30.3 Å². The Hall–Kier alpha value is -1.26. The van der Waals surface area contributed by atoms with E-state index in [4.69, 9.17) is 4.43 Å². The van der Waals surface area contributed by atoms with Crippen molar-refractivity contribution < 1.29 is 14.0 Å². The van der Waals surface area contributed by atoms with Crippen LogP contribution in [0.2, 0.25) is 18.1 Å². The van der Waals surface area contributed by atoms with Gasteiger partial charge in [-0.2, -0.15) is 0 Å². The van der Waals surface area contributed by atoms with E-state index in [-0.39, 0.29) is 28.8 Å². The van der Waals surface area contributed by atoms with Crippen LogP contribution >= 0.6 is 0 Å². The Morgan fingerprint density at radius 2 is 1.70 bits per heavy atom. The van der Waals surface area contributed by atoms with Crippen LogP contribution in [0, 0.1) is 11.8 Å². The Morgan fingerprint density at radius 3 is 2.22 bits per heavy atom. The maximum atomic E-state index is 12.3. The van der Waals surface area contributed by atoms with Gasteiger partial charge < -0.3 is 9.22 Å². The smallest absolute Gasteiger partial charge is 0.192 e. The molecule has 0 bridgehead atoms. The maximum Gasteiger partial charge on any atom is 0.192 e. The zero-order chi connectivity index (χ0) is 20.7. The lowest BCUT2D eigenvalue weighted by Crippen LogP contribution is -2.47. The second kappa shape index (κ2) is 10.3. The van der Waals surface area contributed by atoms with Crippen molar-refractivity contribution in [2.24, 2.45) is 11.8 Å². The van der Waals surface area contributed by atoms with Crippen LogP contribution < -0.4 is 0 Å². The first-order chi connectivity index (χ1) is 12.5. The van der Waals surface area contributed by atoms with E-state index in [1.807, 2.05) is 25.1 Å². The van der Waals surface area contributed by atoms with Gasteiger partial charge >= 0.3 is 0 Å². The number of hydrogen-bond acceptors (Lipinski definition) is 3. The van der Waals surface area contributed by atoms with Gasteiger partial charge in [-0.1, -0.05) is 65.0 Å². The van der Waals surface area contributed by atoms with Crippen molar-refractivity contribution in [1.82, 2.24) is 0 Å². The highest BCUT2D eigenvalue weighted by Crippen LogP contribution is 2.39. The summed E-state index contributed by atoms with van der Waals surface area (Å²) in [6.45, 7) is 15.1. The summed E-state index contributed by atoms with van der Waals surface area (Å²) in [4.78, 5) is 23.8. The van der Waals surface area contributed by atoms with Crippen molar-refractivity contribution in [1.29, 1.82) is 0 Å².